The van der Waals surface area contributed by atoms with Gasteiger partial charge in [-0.3, -0.25) is 39.4 Å². The zero-order valence-electron chi connectivity index (χ0n) is 30.7. The number of carbonyl (C=O) groups is 6. The molecule has 0 saturated carbocycles. The van der Waals surface area contributed by atoms with E-state index in [-0.39, 0.29) is 36.1 Å². The Morgan fingerprint density at radius 3 is 1.40 bits per heavy atom. The minimum absolute atomic E-state index is 0.106. The summed E-state index contributed by atoms with van der Waals surface area (Å²) >= 11 is 0. The van der Waals surface area contributed by atoms with Crippen molar-refractivity contribution in [1.29, 1.82) is 0 Å². The van der Waals surface area contributed by atoms with E-state index in [0.29, 0.717) is 24.0 Å². The molecule has 2 aromatic rings. The third-order valence-electron chi connectivity index (χ3n) is 8.26. The third-order valence-corrected chi connectivity index (χ3v) is 8.26. The zero-order chi connectivity index (χ0) is 40.4. The van der Waals surface area contributed by atoms with E-state index in [4.69, 9.17) is 4.74 Å². The molecule has 0 aliphatic heterocycles. The smallest absolute Gasteiger partial charge is 0.328 e. The maximum Gasteiger partial charge on any atom is 0.328 e. The number of carboxylic acid groups (broad SMARTS) is 1. The van der Waals surface area contributed by atoms with Crippen LogP contribution in [0.2, 0.25) is 0 Å². The van der Waals surface area contributed by atoms with Crippen LogP contribution in [0.15, 0.2) is 48.5 Å². The average molecular weight is 745 g/mol. The monoisotopic (exact) mass is 744 g/mol. The number of nitro benzene ring substituents is 2. The second-order valence-corrected chi connectivity index (χ2v) is 12.4. The minimum atomic E-state index is -1.14. The summed E-state index contributed by atoms with van der Waals surface area (Å²) in [6.45, 7) is 10.2. The first-order valence-corrected chi connectivity index (χ1v) is 16.8. The molecular formula is C35H48N6O12. The number of esters is 1. The first kappa shape index (κ1) is 45.1. The molecule has 0 aromatic heterocycles. The van der Waals surface area contributed by atoms with Gasteiger partial charge in [0.05, 0.1) is 29.8 Å². The van der Waals surface area contributed by atoms with Gasteiger partial charge >= 0.3 is 11.9 Å². The molecule has 0 bridgehead atoms. The highest BCUT2D eigenvalue weighted by Crippen LogP contribution is 2.15. The number of rotatable bonds is 18. The Bertz CT molecular complexity index is 1630. The fourth-order valence-corrected chi connectivity index (χ4v) is 4.68. The van der Waals surface area contributed by atoms with Crippen LogP contribution in [0.4, 0.5) is 11.4 Å². The molecule has 0 heterocycles. The Labute approximate surface area is 306 Å². The summed E-state index contributed by atoms with van der Waals surface area (Å²) in [5.41, 5.74) is 0.660. The number of carbonyl (C=O) groups excluding carboxylic acids is 5. The van der Waals surface area contributed by atoms with Crippen molar-refractivity contribution < 1.29 is 48.5 Å². The van der Waals surface area contributed by atoms with Crippen LogP contribution in [0.1, 0.15) is 65.5 Å². The van der Waals surface area contributed by atoms with Gasteiger partial charge in [-0.15, -0.1) is 0 Å². The van der Waals surface area contributed by atoms with Crippen molar-refractivity contribution in [3.63, 3.8) is 0 Å². The van der Waals surface area contributed by atoms with Gasteiger partial charge in [0.2, 0.25) is 23.6 Å². The van der Waals surface area contributed by atoms with Crippen molar-refractivity contribution in [3.05, 3.63) is 79.9 Å². The number of aliphatic carboxylic acids is 1. The highest BCUT2D eigenvalue weighted by Gasteiger charge is 2.29. The lowest BCUT2D eigenvalue weighted by molar-refractivity contribution is -0.385. The van der Waals surface area contributed by atoms with Crippen molar-refractivity contribution >= 4 is 46.9 Å². The van der Waals surface area contributed by atoms with E-state index in [1.165, 1.54) is 57.4 Å². The predicted molar refractivity (Wildman–Crippen MR) is 191 cm³/mol. The second-order valence-electron chi connectivity index (χ2n) is 12.4. The summed E-state index contributed by atoms with van der Waals surface area (Å²) in [7, 11) is 1.24. The van der Waals surface area contributed by atoms with E-state index in [0.717, 1.165) is 0 Å². The van der Waals surface area contributed by atoms with Crippen LogP contribution in [0.3, 0.4) is 0 Å². The number of carboxylic acids is 1. The Hall–Kier alpha value is -5.94. The topological polar surface area (TPSA) is 266 Å². The van der Waals surface area contributed by atoms with Crippen LogP contribution in [0.25, 0.3) is 0 Å². The minimum Gasteiger partial charge on any atom is -0.480 e. The Morgan fingerprint density at radius 2 is 1.06 bits per heavy atom. The van der Waals surface area contributed by atoms with Gasteiger partial charge < -0.3 is 31.1 Å². The molecule has 290 valence electrons. The SMILES string of the molecule is CC[C@H](C)[C@H](NC(=O)[C@H](C)NC(=O)Cc1cccc([N+](=O)[O-])c1)C(=O)O.CC[C@H](C)[C@H](NC(=O)[C@H](C)NC(=O)Cc1cccc([N+](=O)[O-])c1)C(=O)OC. The number of benzene rings is 2. The van der Waals surface area contributed by atoms with E-state index < -0.39 is 69.6 Å². The van der Waals surface area contributed by atoms with Crippen LogP contribution in [-0.2, 0) is 46.3 Å². The van der Waals surface area contributed by atoms with Crippen molar-refractivity contribution in [2.75, 3.05) is 7.11 Å². The fourth-order valence-electron chi connectivity index (χ4n) is 4.68. The van der Waals surface area contributed by atoms with Crippen LogP contribution in [0, 0.1) is 32.1 Å². The Kier molecular flexibility index (Phi) is 18.8. The molecule has 4 amide bonds. The summed E-state index contributed by atoms with van der Waals surface area (Å²) in [4.78, 5) is 92.1. The van der Waals surface area contributed by atoms with Crippen LogP contribution in [0.5, 0.6) is 0 Å². The predicted octanol–water partition coefficient (Wildman–Crippen LogP) is 2.60. The molecule has 18 nitrogen and oxygen atoms in total. The third kappa shape index (κ3) is 15.5. The van der Waals surface area contributed by atoms with E-state index in [1.807, 2.05) is 20.8 Å². The fraction of sp³-hybridized carbons (Fsp3) is 0.486. The lowest BCUT2D eigenvalue weighted by Gasteiger charge is -2.24. The van der Waals surface area contributed by atoms with Gasteiger partial charge in [0.15, 0.2) is 0 Å². The molecular weight excluding hydrogens is 696 g/mol. The van der Waals surface area contributed by atoms with E-state index in [2.05, 4.69) is 21.3 Å². The molecule has 2 rings (SSSR count). The molecule has 0 aliphatic rings. The van der Waals surface area contributed by atoms with Crippen LogP contribution in [-0.4, -0.2) is 81.8 Å². The van der Waals surface area contributed by atoms with Crippen molar-refractivity contribution in [1.82, 2.24) is 21.3 Å². The molecule has 0 spiro atoms. The molecule has 53 heavy (non-hydrogen) atoms. The van der Waals surface area contributed by atoms with Gasteiger partial charge in [-0.05, 0) is 36.8 Å². The molecule has 2 aromatic carbocycles. The Balaban J connectivity index is 0.000000530. The number of amides is 4. The van der Waals surface area contributed by atoms with Gasteiger partial charge in [-0.25, -0.2) is 9.59 Å². The molecule has 0 fully saturated rings. The molecule has 6 atom stereocenters. The number of nitro groups is 2. The molecule has 18 heteroatoms. The molecule has 5 N–H and O–H groups in total. The molecule has 0 radical (unpaired) electrons. The standard InChI is InChI=1S/C18H25N3O6.C17H23N3O6/c1-5-11(2)16(18(24)27-4)20-17(23)12(3)19-15(22)10-13-7-6-8-14(9-13)21(25)26;1-4-10(2)15(17(23)24)19-16(22)11(3)18-14(21)9-12-6-5-7-13(8-12)20(25)26/h6-9,11-12,16H,5,10H2,1-4H3,(H,19,22)(H,20,23);5-8,10-11,15H,4,9H2,1-3H3,(H,18,21)(H,19,22)(H,23,24)/t11-,12-,16-;10-,11-,15-/m00/s1. The van der Waals surface area contributed by atoms with Crippen LogP contribution >= 0.6 is 0 Å². The summed E-state index contributed by atoms with van der Waals surface area (Å²) in [6, 6.07) is 7.71. The number of ether oxygens (including phenoxy) is 1. The summed E-state index contributed by atoms with van der Waals surface area (Å²) in [6.07, 6.45) is 0.996. The van der Waals surface area contributed by atoms with Crippen molar-refractivity contribution in [2.45, 2.75) is 91.4 Å². The van der Waals surface area contributed by atoms with Gasteiger partial charge in [0.25, 0.3) is 11.4 Å². The van der Waals surface area contributed by atoms with Crippen LogP contribution < -0.4 is 21.3 Å². The average Bonchev–Trinajstić information content (AvgIpc) is 3.11. The van der Waals surface area contributed by atoms with E-state index >= 15 is 0 Å². The van der Waals surface area contributed by atoms with Crippen molar-refractivity contribution in [3.8, 4) is 0 Å². The van der Waals surface area contributed by atoms with Gasteiger partial charge in [-0.2, -0.15) is 0 Å². The number of hydrogen-bond acceptors (Lipinski definition) is 11. The van der Waals surface area contributed by atoms with Gasteiger partial charge in [0, 0.05) is 24.3 Å². The molecule has 0 saturated heterocycles. The number of nitrogens with zero attached hydrogens (tertiary/aromatic N) is 2. The lowest BCUT2D eigenvalue weighted by Crippen LogP contribution is -2.52. The quantitative estimate of drug-likeness (QED) is 0.0838. The number of non-ortho nitro benzene ring substituents is 2. The van der Waals surface area contributed by atoms with Crippen molar-refractivity contribution in [2.24, 2.45) is 11.8 Å². The van der Waals surface area contributed by atoms with E-state index in [9.17, 15) is 54.1 Å². The zero-order valence-corrected chi connectivity index (χ0v) is 30.7. The Morgan fingerprint density at radius 1 is 0.679 bits per heavy atom. The number of hydrogen-bond donors (Lipinski definition) is 5. The highest BCUT2D eigenvalue weighted by molar-refractivity contribution is 5.91. The normalized spacial score (nSPS) is 13.9. The first-order chi connectivity index (χ1) is 24.8. The number of methoxy groups -OCH3 is 1. The summed E-state index contributed by atoms with van der Waals surface area (Å²) < 4.78 is 4.71. The molecule has 0 unspecified atom stereocenters. The first-order valence-electron chi connectivity index (χ1n) is 16.8. The molecule has 0 aliphatic carbocycles. The summed E-state index contributed by atoms with van der Waals surface area (Å²) in [5, 5.41) is 40.7. The second kappa shape index (κ2) is 22.1. The largest absolute Gasteiger partial charge is 0.480 e. The maximum absolute atomic E-state index is 12.3. The van der Waals surface area contributed by atoms with E-state index in [1.54, 1.807) is 19.1 Å². The number of nitrogens with one attached hydrogen (secondary N) is 4. The lowest BCUT2D eigenvalue weighted by atomic mass is 9.99. The maximum atomic E-state index is 12.3. The van der Waals surface area contributed by atoms with Gasteiger partial charge in [-0.1, -0.05) is 64.8 Å². The van der Waals surface area contributed by atoms with Gasteiger partial charge in [0.1, 0.15) is 24.2 Å². The summed E-state index contributed by atoms with van der Waals surface area (Å²) in [5.74, 6) is -4.16. The highest BCUT2D eigenvalue weighted by atomic mass is 16.6.